The summed E-state index contributed by atoms with van der Waals surface area (Å²) in [6.07, 6.45) is -3.38. The van der Waals surface area contributed by atoms with Gasteiger partial charge in [0.25, 0.3) is 0 Å². The van der Waals surface area contributed by atoms with Crippen LogP contribution in [0.5, 0.6) is 11.5 Å². The van der Waals surface area contributed by atoms with E-state index in [1.807, 2.05) is 31.2 Å². The molecule has 0 amide bonds. The summed E-state index contributed by atoms with van der Waals surface area (Å²) >= 11 is 0. The summed E-state index contributed by atoms with van der Waals surface area (Å²) in [5.74, 6) is 1.63. The first kappa shape index (κ1) is 21.8. The number of alkyl halides is 3. The molecule has 2 aliphatic rings. The molecule has 0 spiro atoms. The van der Waals surface area contributed by atoms with E-state index in [2.05, 4.69) is 0 Å². The highest BCUT2D eigenvalue weighted by Crippen LogP contribution is 2.66. The number of anilines is 1. The third kappa shape index (κ3) is 4.07. The standard InChI is InChI=1S/C24H28F3NO3/c1-23-20(12-13-31-15-16-4-8-18(29-2)9-5-16)21(23)14-22(24(25,26)27)28(23)17-6-10-19(30-3)11-7-17/h4-11,20-22H,12-15H2,1-3H3/t20-,21-,22+,23+/m0/s1. The van der Waals surface area contributed by atoms with Crippen molar-refractivity contribution in [2.45, 2.75) is 44.1 Å². The molecule has 4 atom stereocenters. The number of benzene rings is 2. The van der Waals surface area contributed by atoms with Crippen LogP contribution in [-0.2, 0) is 11.3 Å². The summed E-state index contributed by atoms with van der Waals surface area (Å²) in [6, 6.07) is 13.1. The maximum Gasteiger partial charge on any atom is 0.408 e. The van der Waals surface area contributed by atoms with Crippen molar-refractivity contribution in [1.82, 2.24) is 0 Å². The van der Waals surface area contributed by atoms with E-state index < -0.39 is 17.8 Å². The fourth-order valence-electron chi connectivity index (χ4n) is 5.22. The second kappa shape index (κ2) is 8.26. The summed E-state index contributed by atoms with van der Waals surface area (Å²) in [6.45, 7) is 2.96. The van der Waals surface area contributed by atoms with Gasteiger partial charge in [-0.25, -0.2) is 0 Å². The summed E-state index contributed by atoms with van der Waals surface area (Å²) < 4.78 is 57.5. The van der Waals surface area contributed by atoms with Crippen LogP contribution in [0.25, 0.3) is 0 Å². The Morgan fingerprint density at radius 1 is 0.968 bits per heavy atom. The smallest absolute Gasteiger partial charge is 0.408 e. The fraction of sp³-hybridized carbons (Fsp3) is 0.500. The average Bonchev–Trinajstić information content (AvgIpc) is 3.17. The number of piperidine rings is 1. The van der Waals surface area contributed by atoms with Crippen molar-refractivity contribution in [2.75, 3.05) is 25.7 Å². The summed E-state index contributed by atoms with van der Waals surface area (Å²) in [4.78, 5) is 1.59. The number of nitrogens with zero attached hydrogens (tertiary/aromatic N) is 1. The van der Waals surface area contributed by atoms with E-state index in [9.17, 15) is 13.2 Å². The van der Waals surface area contributed by atoms with Gasteiger partial charge in [0.05, 0.1) is 20.8 Å². The molecule has 1 aliphatic carbocycles. The molecular weight excluding hydrogens is 407 g/mol. The molecule has 4 nitrogen and oxygen atoms in total. The topological polar surface area (TPSA) is 30.9 Å². The van der Waals surface area contributed by atoms with Crippen molar-refractivity contribution >= 4 is 5.69 Å². The molecule has 0 aromatic heterocycles. The Hall–Kier alpha value is -2.41. The van der Waals surface area contributed by atoms with E-state index in [1.54, 1.807) is 43.4 Å². The average molecular weight is 435 g/mol. The quantitative estimate of drug-likeness (QED) is 0.516. The predicted molar refractivity (Wildman–Crippen MR) is 113 cm³/mol. The van der Waals surface area contributed by atoms with Crippen LogP contribution in [0.4, 0.5) is 18.9 Å². The van der Waals surface area contributed by atoms with Gasteiger partial charge < -0.3 is 19.1 Å². The molecule has 31 heavy (non-hydrogen) atoms. The molecule has 0 N–H and O–H groups in total. The number of methoxy groups -OCH3 is 2. The molecule has 2 aromatic rings. The van der Waals surface area contributed by atoms with Gasteiger partial charge in [-0.3, -0.25) is 0 Å². The number of hydrogen-bond acceptors (Lipinski definition) is 4. The fourth-order valence-corrected chi connectivity index (χ4v) is 5.22. The van der Waals surface area contributed by atoms with Gasteiger partial charge in [0, 0.05) is 17.8 Å². The molecule has 2 fully saturated rings. The maximum absolute atomic E-state index is 13.8. The molecule has 2 aromatic carbocycles. The molecular formula is C24H28F3NO3. The van der Waals surface area contributed by atoms with Gasteiger partial charge in [0.2, 0.25) is 0 Å². The number of ether oxygens (including phenoxy) is 3. The van der Waals surface area contributed by atoms with Gasteiger partial charge >= 0.3 is 6.18 Å². The van der Waals surface area contributed by atoms with Crippen LogP contribution in [0.3, 0.4) is 0 Å². The summed E-state index contributed by atoms with van der Waals surface area (Å²) in [5, 5.41) is 0. The zero-order chi connectivity index (χ0) is 22.2. The Kier molecular flexibility index (Phi) is 5.81. The van der Waals surface area contributed by atoms with Crippen molar-refractivity contribution < 1.29 is 27.4 Å². The van der Waals surface area contributed by atoms with Crippen LogP contribution in [0.2, 0.25) is 0 Å². The lowest BCUT2D eigenvalue weighted by Crippen LogP contribution is -2.49. The van der Waals surface area contributed by atoms with E-state index in [0.717, 1.165) is 17.7 Å². The molecule has 1 saturated heterocycles. The number of fused-ring (bicyclic) bond motifs is 1. The molecule has 1 heterocycles. The minimum atomic E-state index is -4.26. The van der Waals surface area contributed by atoms with Crippen LogP contribution < -0.4 is 14.4 Å². The molecule has 0 unspecified atom stereocenters. The SMILES string of the molecule is COc1ccc(COCC[C@H]2[C@@H]3C[C@H](C(F)(F)F)N(c4ccc(OC)cc4)[C@]23C)cc1. The minimum Gasteiger partial charge on any atom is -0.497 e. The largest absolute Gasteiger partial charge is 0.497 e. The number of rotatable bonds is 8. The number of halogens is 3. The van der Waals surface area contributed by atoms with Crippen LogP contribution in [0.1, 0.15) is 25.3 Å². The van der Waals surface area contributed by atoms with Crippen molar-refractivity contribution in [3.05, 3.63) is 54.1 Å². The maximum atomic E-state index is 13.8. The lowest BCUT2D eigenvalue weighted by Gasteiger charge is -2.37. The van der Waals surface area contributed by atoms with Crippen molar-refractivity contribution in [3.8, 4) is 11.5 Å². The van der Waals surface area contributed by atoms with Gasteiger partial charge in [0.15, 0.2) is 0 Å². The third-order valence-electron chi connectivity index (χ3n) is 6.92. The van der Waals surface area contributed by atoms with Crippen LogP contribution >= 0.6 is 0 Å². The van der Waals surface area contributed by atoms with E-state index in [-0.39, 0.29) is 18.3 Å². The first-order chi connectivity index (χ1) is 14.8. The third-order valence-corrected chi connectivity index (χ3v) is 6.92. The Morgan fingerprint density at radius 2 is 1.55 bits per heavy atom. The highest BCUT2D eigenvalue weighted by Gasteiger charge is 2.73. The summed E-state index contributed by atoms with van der Waals surface area (Å²) in [7, 11) is 3.17. The van der Waals surface area contributed by atoms with Gasteiger partial charge in [0.1, 0.15) is 17.5 Å². The number of hydrogen-bond donors (Lipinski definition) is 0. The van der Waals surface area contributed by atoms with Gasteiger partial charge in [-0.05, 0) is 73.6 Å². The van der Waals surface area contributed by atoms with E-state index in [4.69, 9.17) is 14.2 Å². The van der Waals surface area contributed by atoms with Crippen molar-refractivity contribution in [3.63, 3.8) is 0 Å². The Balaban J connectivity index is 1.39. The monoisotopic (exact) mass is 435 g/mol. The highest BCUT2D eigenvalue weighted by molar-refractivity contribution is 5.58. The molecule has 4 rings (SSSR count). The Labute approximate surface area is 180 Å². The van der Waals surface area contributed by atoms with E-state index in [1.165, 1.54) is 0 Å². The molecule has 7 heteroatoms. The lowest BCUT2D eigenvalue weighted by atomic mass is 10.0. The lowest BCUT2D eigenvalue weighted by molar-refractivity contribution is -0.149. The van der Waals surface area contributed by atoms with Gasteiger partial charge in [-0.15, -0.1) is 0 Å². The predicted octanol–water partition coefficient (Wildman–Crippen LogP) is 5.46. The van der Waals surface area contributed by atoms with Crippen LogP contribution in [-0.4, -0.2) is 38.6 Å². The normalized spacial score (nSPS) is 27.2. The zero-order valence-corrected chi connectivity index (χ0v) is 18.0. The molecule has 0 radical (unpaired) electrons. The molecule has 0 bridgehead atoms. The van der Waals surface area contributed by atoms with Crippen LogP contribution in [0, 0.1) is 11.8 Å². The van der Waals surface area contributed by atoms with Gasteiger partial charge in [-0.1, -0.05) is 12.1 Å². The Bertz CT molecular complexity index is 884. The second-order valence-corrected chi connectivity index (χ2v) is 8.49. The van der Waals surface area contributed by atoms with E-state index in [0.29, 0.717) is 24.7 Å². The summed E-state index contributed by atoms with van der Waals surface area (Å²) in [5.41, 5.74) is 1.13. The second-order valence-electron chi connectivity index (χ2n) is 8.49. The van der Waals surface area contributed by atoms with Gasteiger partial charge in [-0.2, -0.15) is 13.2 Å². The van der Waals surface area contributed by atoms with E-state index >= 15 is 0 Å². The molecule has 1 saturated carbocycles. The first-order valence-corrected chi connectivity index (χ1v) is 10.5. The molecule has 1 aliphatic heterocycles. The van der Waals surface area contributed by atoms with Crippen molar-refractivity contribution in [1.29, 1.82) is 0 Å². The van der Waals surface area contributed by atoms with Crippen molar-refractivity contribution in [2.24, 2.45) is 11.8 Å². The Morgan fingerprint density at radius 3 is 2.10 bits per heavy atom. The zero-order valence-electron chi connectivity index (χ0n) is 18.0. The highest BCUT2D eigenvalue weighted by atomic mass is 19.4. The molecule has 168 valence electrons. The van der Waals surface area contributed by atoms with Crippen LogP contribution in [0.15, 0.2) is 48.5 Å². The minimum absolute atomic E-state index is 0.0193. The first-order valence-electron chi connectivity index (χ1n) is 10.5.